The van der Waals surface area contributed by atoms with Crippen molar-refractivity contribution in [3.05, 3.63) is 40.7 Å². The summed E-state index contributed by atoms with van der Waals surface area (Å²) in [5.41, 5.74) is 0.381. The first-order chi connectivity index (χ1) is 7.70. The number of pyridine rings is 1. The average Bonchev–Trinajstić information content (AvgIpc) is 2.28. The Bertz CT molecular complexity index is 586. The van der Waals surface area contributed by atoms with Gasteiger partial charge in [0.05, 0.1) is 5.52 Å². The molecule has 0 aliphatic carbocycles. The fraction of sp³-hybridized carbons (Fsp3) is 0.167. The number of fused-ring (bicyclic) bond motifs is 1. The van der Waals surface area contributed by atoms with Gasteiger partial charge in [-0.3, -0.25) is 9.59 Å². The molecular weight excluding hydrogens is 206 g/mol. The predicted octanol–water partition coefficient (Wildman–Crippen LogP) is 1.84. The lowest BCUT2D eigenvalue weighted by molar-refractivity contribution is -0.133. The Kier molecular flexibility index (Phi) is 2.72. The summed E-state index contributed by atoms with van der Waals surface area (Å²) in [4.78, 5) is 25.2. The van der Waals surface area contributed by atoms with E-state index in [1.165, 1.54) is 6.07 Å². The van der Waals surface area contributed by atoms with Crippen molar-refractivity contribution in [3.63, 3.8) is 0 Å². The third-order valence-electron chi connectivity index (χ3n) is 2.23. The van der Waals surface area contributed by atoms with Gasteiger partial charge in [-0.25, -0.2) is 0 Å². The van der Waals surface area contributed by atoms with E-state index in [9.17, 15) is 9.59 Å². The maximum Gasteiger partial charge on any atom is 0.310 e. The third kappa shape index (κ3) is 1.95. The first-order valence-electron chi connectivity index (χ1n) is 5.03. The van der Waals surface area contributed by atoms with Gasteiger partial charge in [-0.1, -0.05) is 19.1 Å². The largest absolute Gasteiger partial charge is 0.426 e. The molecule has 1 aromatic carbocycles. The van der Waals surface area contributed by atoms with E-state index in [-0.39, 0.29) is 17.9 Å². The molecule has 0 radical (unpaired) electrons. The van der Waals surface area contributed by atoms with Crippen LogP contribution in [0.3, 0.4) is 0 Å². The van der Waals surface area contributed by atoms with E-state index in [2.05, 4.69) is 4.98 Å². The van der Waals surface area contributed by atoms with Gasteiger partial charge in [-0.2, -0.15) is 0 Å². The number of carbonyl (C=O) groups is 1. The highest BCUT2D eigenvalue weighted by Gasteiger charge is 2.07. The second-order valence-corrected chi connectivity index (χ2v) is 3.37. The zero-order chi connectivity index (χ0) is 11.5. The highest BCUT2D eigenvalue weighted by atomic mass is 16.5. The number of H-pyrrole nitrogens is 1. The van der Waals surface area contributed by atoms with Crippen molar-refractivity contribution in [2.45, 2.75) is 13.3 Å². The third-order valence-corrected chi connectivity index (χ3v) is 2.23. The van der Waals surface area contributed by atoms with Crippen LogP contribution in [0.25, 0.3) is 10.9 Å². The van der Waals surface area contributed by atoms with Crippen molar-refractivity contribution in [3.8, 4) is 5.75 Å². The summed E-state index contributed by atoms with van der Waals surface area (Å²) < 4.78 is 5.10. The van der Waals surface area contributed by atoms with E-state index in [4.69, 9.17) is 4.74 Å². The topological polar surface area (TPSA) is 59.2 Å². The molecule has 82 valence electrons. The standard InChI is InChI=1S/C12H11NO3/c1-2-12(15)16-10-7-11(14)13-9-6-4-3-5-8(9)10/h3-7H,2H2,1H3,(H,13,14). The first-order valence-corrected chi connectivity index (χ1v) is 5.03. The highest BCUT2D eigenvalue weighted by Crippen LogP contribution is 2.21. The summed E-state index contributed by atoms with van der Waals surface area (Å²) in [6, 6.07) is 8.48. The SMILES string of the molecule is CCC(=O)Oc1cc(=O)[nH]c2ccccc12. The lowest BCUT2D eigenvalue weighted by Crippen LogP contribution is -2.10. The van der Waals surface area contributed by atoms with Crippen LogP contribution in [0.4, 0.5) is 0 Å². The van der Waals surface area contributed by atoms with Crippen LogP contribution in [-0.4, -0.2) is 11.0 Å². The number of carbonyl (C=O) groups excluding carboxylic acids is 1. The molecule has 0 fully saturated rings. The van der Waals surface area contributed by atoms with Crippen LogP contribution in [0.1, 0.15) is 13.3 Å². The van der Waals surface area contributed by atoms with E-state index >= 15 is 0 Å². The zero-order valence-corrected chi connectivity index (χ0v) is 8.82. The normalized spacial score (nSPS) is 10.3. The number of hydrogen-bond donors (Lipinski definition) is 1. The molecule has 0 unspecified atom stereocenters. The Morgan fingerprint density at radius 2 is 2.12 bits per heavy atom. The van der Waals surface area contributed by atoms with Gasteiger partial charge in [0, 0.05) is 17.9 Å². The van der Waals surface area contributed by atoms with E-state index < -0.39 is 0 Å². The summed E-state index contributed by atoms with van der Waals surface area (Å²) in [6.07, 6.45) is 0.279. The summed E-state index contributed by atoms with van der Waals surface area (Å²) in [6.45, 7) is 1.71. The summed E-state index contributed by atoms with van der Waals surface area (Å²) in [5, 5.41) is 0.726. The Morgan fingerprint density at radius 1 is 1.38 bits per heavy atom. The number of nitrogens with one attached hydrogen (secondary N) is 1. The van der Waals surface area contributed by atoms with Crippen LogP contribution in [0.2, 0.25) is 0 Å². The minimum Gasteiger partial charge on any atom is -0.426 e. The fourth-order valence-corrected chi connectivity index (χ4v) is 1.45. The Morgan fingerprint density at radius 3 is 2.88 bits per heavy atom. The number of aromatic amines is 1. The van der Waals surface area contributed by atoms with Crippen molar-refractivity contribution in [1.82, 2.24) is 4.98 Å². The number of benzene rings is 1. The molecule has 2 aromatic rings. The molecule has 0 aliphatic heterocycles. The van der Waals surface area contributed by atoms with Gasteiger partial charge in [0.2, 0.25) is 0 Å². The smallest absolute Gasteiger partial charge is 0.310 e. The van der Waals surface area contributed by atoms with Gasteiger partial charge in [-0.15, -0.1) is 0 Å². The maximum absolute atomic E-state index is 11.3. The van der Waals surface area contributed by atoms with E-state index in [0.29, 0.717) is 11.3 Å². The summed E-state index contributed by atoms with van der Waals surface area (Å²) in [7, 11) is 0. The molecule has 4 heteroatoms. The van der Waals surface area contributed by atoms with Crippen LogP contribution in [-0.2, 0) is 4.79 Å². The maximum atomic E-state index is 11.3. The molecule has 0 saturated heterocycles. The van der Waals surface area contributed by atoms with Crippen molar-refractivity contribution >= 4 is 16.9 Å². The Hall–Kier alpha value is -2.10. The van der Waals surface area contributed by atoms with Crippen molar-refractivity contribution in [2.24, 2.45) is 0 Å². The van der Waals surface area contributed by atoms with Gasteiger partial charge < -0.3 is 9.72 Å². The van der Waals surface area contributed by atoms with Gasteiger partial charge >= 0.3 is 5.97 Å². The Balaban J connectivity index is 2.59. The lowest BCUT2D eigenvalue weighted by Gasteiger charge is -2.05. The second-order valence-electron chi connectivity index (χ2n) is 3.37. The monoisotopic (exact) mass is 217 g/mol. The Labute approximate surface area is 91.9 Å². The molecule has 0 spiro atoms. The van der Waals surface area contributed by atoms with Crippen LogP contribution in [0.15, 0.2) is 35.1 Å². The lowest BCUT2D eigenvalue weighted by atomic mass is 10.2. The van der Waals surface area contributed by atoms with Crippen molar-refractivity contribution < 1.29 is 9.53 Å². The average molecular weight is 217 g/mol. The number of para-hydroxylation sites is 1. The quantitative estimate of drug-likeness (QED) is 0.781. The van der Waals surface area contributed by atoms with Crippen molar-refractivity contribution in [1.29, 1.82) is 0 Å². The molecule has 0 aliphatic rings. The molecule has 4 nitrogen and oxygen atoms in total. The van der Waals surface area contributed by atoms with Crippen LogP contribution < -0.4 is 10.3 Å². The van der Waals surface area contributed by atoms with Gasteiger partial charge in [0.1, 0.15) is 5.75 Å². The molecular formula is C12H11NO3. The molecule has 0 amide bonds. The predicted molar refractivity (Wildman–Crippen MR) is 60.5 cm³/mol. The molecule has 0 saturated carbocycles. The first kappa shape index (κ1) is 10.4. The number of aromatic nitrogens is 1. The van der Waals surface area contributed by atoms with E-state index in [1.807, 2.05) is 12.1 Å². The number of esters is 1. The van der Waals surface area contributed by atoms with Crippen molar-refractivity contribution in [2.75, 3.05) is 0 Å². The number of hydrogen-bond acceptors (Lipinski definition) is 3. The minimum atomic E-state index is -0.351. The highest BCUT2D eigenvalue weighted by molar-refractivity contribution is 5.87. The van der Waals surface area contributed by atoms with Gasteiger partial charge in [0.15, 0.2) is 0 Å². The molecule has 16 heavy (non-hydrogen) atoms. The van der Waals surface area contributed by atoms with E-state index in [1.54, 1.807) is 19.1 Å². The van der Waals surface area contributed by atoms with Gasteiger partial charge in [0.25, 0.3) is 5.56 Å². The van der Waals surface area contributed by atoms with Gasteiger partial charge in [-0.05, 0) is 12.1 Å². The summed E-state index contributed by atoms with van der Waals surface area (Å²) >= 11 is 0. The molecule has 2 rings (SSSR count). The number of ether oxygens (including phenoxy) is 1. The molecule has 0 atom stereocenters. The van der Waals surface area contributed by atoms with Crippen LogP contribution in [0.5, 0.6) is 5.75 Å². The minimum absolute atomic E-state index is 0.279. The molecule has 0 bridgehead atoms. The number of rotatable bonds is 2. The van der Waals surface area contributed by atoms with E-state index in [0.717, 1.165) is 5.39 Å². The second kappa shape index (κ2) is 4.18. The zero-order valence-electron chi connectivity index (χ0n) is 8.82. The van der Waals surface area contributed by atoms with Crippen LogP contribution in [0, 0.1) is 0 Å². The fourth-order valence-electron chi connectivity index (χ4n) is 1.45. The van der Waals surface area contributed by atoms with Crippen LogP contribution >= 0.6 is 0 Å². The molecule has 1 N–H and O–H groups in total. The summed E-state index contributed by atoms with van der Waals surface area (Å²) in [5.74, 6) is -0.0399. The molecule has 1 aromatic heterocycles. The molecule has 1 heterocycles.